The normalized spacial score (nSPS) is 10.7. The first-order chi connectivity index (χ1) is 13.5. The van der Waals surface area contributed by atoms with Crippen molar-refractivity contribution in [3.05, 3.63) is 64.9 Å². The van der Waals surface area contributed by atoms with E-state index in [9.17, 15) is 4.79 Å². The molecule has 1 aromatic heterocycles. The van der Waals surface area contributed by atoms with Crippen LogP contribution in [0.2, 0.25) is 5.02 Å². The standard InChI is InChI=1S/C20H21ClN4O2S/c1-3-27-17-10-8-16(9-11-17)22-19(26)12-18-23-24-20(25(18)2)28-13-14-4-6-15(21)7-5-14/h4-11H,3,12-13H2,1-2H3,(H,22,26). The van der Waals surface area contributed by atoms with Crippen LogP contribution in [-0.2, 0) is 24.0 Å². The molecule has 0 bridgehead atoms. The van der Waals surface area contributed by atoms with Crippen LogP contribution in [0.3, 0.4) is 0 Å². The summed E-state index contributed by atoms with van der Waals surface area (Å²) in [6.45, 7) is 2.54. The third-order valence-corrected chi connectivity index (χ3v) is 5.32. The van der Waals surface area contributed by atoms with Crippen LogP contribution in [-0.4, -0.2) is 27.3 Å². The zero-order valence-electron chi connectivity index (χ0n) is 15.7. The number of carbonyl (C=O) groups excluding carboxylic acids is 1. The summed E-state index contributed by atoms with van der Waals surface area (Å²) in [5.41, 5.74) is 1.86. The van der Waals surface area contributed by atoms with Gasteiger partial charge in [0, 0.05) is 23.5 Å². The topological polar surface area (TPSA) is 69.0 Å². The van der Waals surface area contributed by atoms with E-state index in [0.29, 0.717) is 23.1 Å². The smallest absolute Gasteiger partial charge is 0.232 e. The first kappa shape index (κ1) is 20.2. The highest BCUT2D eigenvalue weighted by Crippen LogP contribution is 2.22. The molecule has 0 aliphatic carbocycles. The van der Waals surface area contributed by atoms with Crippen LogP contribution in [0, 0.1) is 0 Å². The van der Waals surface area contributed by atoms with Gasteiger partial charge in [-0.1, -0.05) is 35.5 Å². The molecule has 2 aromatic carbocycles. The summed E-state index contributed by atoms with van der Waals surface area (Å²) in [6.07, 6.45) is 0.151. The molecule has 0 spiro atoms. The van der Waals surface area contributed by atoms with Crippen molar-refractivity contribution < 1.29 is 9.53 Å². The fraction of sp³-hybridized carbons (Fsp3) is 0.250. The number of nitrogens with zero attached hydrogens (tertiary/aromatic N) is 3. The van der Waals surface area contributed by atoms with Gasteiger partial charge in [-0.2, -0.15) is 0 Å². The van der Waals surface area contributed by atoms with E-state index in [1.54, 1.807) is 11.8 Å². The molecule has 0 atom stereocenters. The maximum absolute atomic E-state index is 12.3. The van der Waals surface area contributed by atoms with Gasteiger partial charge in [0.1, 0.15) is 11.6 Å². The van der Waals surface area contributed by atoms with Crippen molar-refractivity contribution in [2.75, 3.05) is 11.9 Å². The largest absolute Gasteiger partial charge is 0.494 e. The van der Waals surface area contributed by atoms with Crippen molar-refractivity contribution in [2.45, 2.75) is 24.3 Å². The number of thioether (sulfide) groups is 1. The highest BCUT2D eigenvalue weighted by Gasteiger charge is 2.13. The number of hydrogen-bond donors (Lipinski definition) is 1. The number of rotatable bonds is 8. The summed E-state index contributed by atoms with van der Waals surface area (Å²) in [7, 11) is 1.86. The van der Waals surface area contributed by atoms with Crippen LogP contribution in [0.15, 0.2) is 53.7 Å². The Morgan fingerprint density at radius 3 is 2.54 bits per heavy atom. The van der Waals surface area contributed by atoms with Gasteiger partial charge in [0.15, 0.2) is 5.16 Å². The van der Waals surface area contributed by atoms with Gasteiger partial charge in [-0.3, -0.25) is 4.79 Å². The zero-order valence-corrected chi connectivity index (χ0v) is 17.3. The van der Waals surface area contributed by atoms with Crippen molar-refractivity contribution >= 4 is 35.0 Å². The van der Waals surface area contributed by atoms with E-state index in [1.807, 2.05) is 67.1 Å². The minimum Gasteiger partial charge on any atom is -0.494 e. The molecule has 1 N–H and O–H groups in total. The summed E-state index contributed by atoms with van der Waals surface area (Å²) in [6, 6.07) is 15.0. The third-order valence-electron chi connectivity index (χ3n) is 3.97. The molecule has 6 nitrogen and oxygen atoms in total. The van der Waals surface area contributed by atoms with Crippen LogP contribution in [0.1, 0.15) is 18.3 Å². The van der Waals surface area contributed by atoms with Gasteiger partial charge in [-0.25, -0.2) is 0 Å². The average Bonchev–Trinajstić information content (AvgIpc) is 3.03. The Kier molecular flexibility index (Phi) is 6.95. The molecular formula is C20H21ClN4O2S. The van der Waals surface area contributed by atoms with Crippen molar-refractivity contribution in [2.24, 2.45) is 7.05 Å². The quantitative estimate of drug-likeness (QED) is 0.553. The molecule has 1 amide bonds. The van der Waals surface area contributed by atoms with E-state index in [4.69, 9.17) is 16.3 Å². The Bertz CT molecular complexity index is 926. The van der Waals surface area contributed by atoms with Gasteiger partial charge < -0.3 is 14.6 Å². The number of halogens is 1. The summed E-state index contributed by atoms with van der Waals surface area (Å²) >= 11 is 7.47. The Morgan fingerprint density at radius 1 is 1.14 bits per heavy atom. The molecule has 0 fully saturated rings. The number of aromatic nitrogens is 3. The first-order valence-corrected chi connectivity index (χ1v) is 10.2. The van der Waals surface area contributed by atoms with E-state index in [0.717, 1.165) is 22.2 Å². The van der Waals surface area contributed by atoms with Crippen LogP contribution >= 0.6 is 23.4 Å². The predicted molar refractivity (Wildman–Crippen MR) is 112 cm³/mol. The molecule has 1 heterocycles. The second-order valence-corrected chi connectivity index (χ2v) is 7.43. The average molecular weight is 417 g/mol. The van der Waals surface area contributed by atoms with Gasteiger partial charge in [0.05, 0.1) is 13.0 Å². The van der Waals surface area contributed by atoms with E-state index in [1.165, 1.54) is 0 Å². The fourth-order valence-corrected chi connectivity index (χ4v) is 3.51. The highest BCUT2D eigenvalue weighted by atomic mass is 35.5. The van der Waals surface area contributed by atoms with Gasteiger partial charge in [-0.15, -0.1) is 10.2 Å². The van der Waals surface area contributed by atoms with Gasteiger partial charge in [0.25, 0.3) is 0 Å². The molecule has 3 rings (SSSR count). The van der Waals surface area contributed by atoms with Gasteiger partial charge >= 0.3 is 0 Å². The number of hydrogen-bond acceptors (Lipinski definition) is 5. The Balaban J connectivity index is 1.55. The molecule has 0 saturated carbocycles. The maximum Gasteiger partial charge on any atom is 0.232 e. The number of ether oxygens (including phenoxy) is 1. The Labute approximate surface area is 173 Å². The molecule has 8 heteroatoms. The number of anilines is 1. The van der Waals surface area contributed by atoms with Gasteiger partial charge in [-0.05, 0) is 48.9 Å². The number of amides is 1. The minimum absolute atomic E-state index is 0.145. The zero-order chi connectivity index (χ0) is 19.9. The van der Waals surface area contributed by atoms with E-state index >= 15 is 0 Å². The van der Waals surface area contributed by atoms with Crippen molar-refractivity contribution in [1.29, 1.82) is 0 Å². The van der Waals surface area contributed by atoms with Gasteiger partial charge in [0.2, 0.25) is 5.91 Å². The lowest BCUT2D eigenvalue weighted by Gasteiger charge is -2.07. The van der Waals surface area contributed by atoms with Crippen molar-refractivity contribution in [3.8, 4) is 5.75 Å². The minimum atomic E-state index is -0.145. The molecule has 146 valence electrons. The number of carbonyl (C=O) groups is 1. The summed E-state index contributed by atoms with van der Waals surface area (Å²) < 4.78 is 7.24. The molecule has 0 unspecified atom stereocenters. The van der Waals surface area contributed by atoms with E-state index < -0.39 is 0 Å². The number of nitrogens with one attached hydrogen (secondary N) is 1. The third kappa shape index (κ3) is 5.50. The van der Waals surface area contributed by atoms with E-state index in [-0.39, 0.29) is 12.3 Å². The van der Waals surface area contributed by atoms with Crippen molar-refractivity contribution in [1.82, 2.24) is 14.8 Å². The van der Waals surface area contributed by atoms with E-state index in [2.05, 4.69) is 15.5 Å². The molecule has 3 aromatic rings. The SMILES string of the molecule is CCOc1ccc(NC(=O)Cc2nnc(SCc3ccc(Cl)cc3)n2C)cc1. The monoisotopic (exact) mass is 416 g/mol. The molecule has 0 radical (unpaired) electrons. The molecule has 0 saturated heterocycles. The lowest BCUT2D eigenvalue weighted by molar-refractivity contribution is -0.115. The summed E-state index contributed by atoms with van der Waals surface area (Å²) in [4.78, 5) is 12.3. The van der Waals surface area contributed by atoms with Crippen molar-refractivity contribution in [3.63, 3.8) is 0 Å². The second kappa shape index (κ2) is 9.61. The maximum atomic E-state index is 12.3. The summed E-state index contributed by atoms with van der Waals surface area (Å²) in [5, 5.41) is 12.7. The molecular weight excluding hydrogens is 396 g/mol. The first-order valence-electron chi connectivity index (χ1n) is 8.83. The lowest BCUT2D eigenvalue weighted by Crippen LogP contribution is -2.17. The molecule has 28 heavy (non-hydrogen) atoms. The summed E-state index contributed by atoms with van der Waals surface area (Å²) in [5.74, 6) is 1.99. The predicted octanol–water partition coefficient (Wildman–Crippen LogP) is 4.34. The van der Waals surface area contributed by atoms with Crippen LogP contribution in [0.25, 0.3) is 0 Å². The molecule has 0 aliphatic rings. The van der Waals surface area contributed by atoms with Crippen LogP contribution in [0.4, 0.5) is 5.69 Å². The Morgan fingerprint density at radius 2 is 1.86 bits per heavy atom. The van der Waals surface area contributed by atoms with Crippen LogP contribution < -0.4 is 10.1 Å². The Hall–Kier alpha value is -2.51. The highest BCUT2D eigenvalue weighted by molar-refractivity contribution is 7.98. The molecule has 0 aliphatic heterocycles. The number of benzene rings is 2. The van der Waals surface area contributed by atoms with Crippen LogP contribution in [0.5, 0.6) is 5.75 Å². The second-order valence-electron chi connectivity index (χ2n) is 6.06. The lowest BCUT2D eigenvalue weighted by atomic mass is 10.2. The fourth-order valence-electron chi connectivity index (χ4n) is 2.50.